The molecule has 0 fully saturated rings. The molecular weight excluding hydrogens is 162 g/mol. The SMILES string of the molecule is [Al+3].[Ca+2].[O-]P([O-])[O-].[OH-]. The molecule has 4 nitrogen and oxygen atoms in total. The van der Waals surface area contributed by atoms with Gasteiger partial charge in [-0.15, -0.1) is 0 Å². The second kappa shape index (κ2) is 15.7. The van der Waals surface area contributed by atoms with Crippen LogP contribution in [0.3, 0.4) is 0 Å². The van der Waals surface area contributed by atoms with Gasteiger partial charge in [-0.25, -0.2) is 0 Å². The van der Waals surface area contributed by atoms with Gasteiger partial charge in [-0.3, -0.25) is 0 Å². The Morgan fingerprint density at radius 2 is 1.00 bits per heavy atom. The molecular formula is HAlCaO4P+. The van der Waals surface area contributed by atoms with E-state index in [2.05, 4.69) is 0 Å². The number of hydrogen-bond acceptors (Lipinski definition) is 4. The molecule has 0 heterocycles. The number of hydrogen-bond donors (Lipinski definition) is 0. The third-order valence-corrected chi connectivity index (χ3v) is 0. The summed E-state index contributed by atoms with van der Waals surface area (Å²) in [5.74, 6) is 0. The molecule has 0 radical (unpaired) electrons. The zero-order valence-electron chi connectivity index (χ0n) is 3.40. The molecule has 0 amide bonds. The first kappa shape index (κ1) is 23.0. The molecule has 0 aliphatic rings. The Hall–Kier alpha value is 2.06. The van der Waals surface area contributed by atoms with Crippen molar-refractivity contribution in [2.75, 3.05) is 0 Å². The third kappa shape index (κ3) is 69.7. The van der Waals surface area contributed by atoms with Crippen LogP contribution in [0, 0.1) is 0 Å². The van der Waals surface area contributed by atoms with Gasteiger partial charge in [0.15, 0.2) is 0 Å². The molecule has 7 heteroatoms. The summed E-state index contributed by atoms with van der Waals surface area (Å²) in [4.78, 5) is 25.4. The Labute approximate surface area is 83.0 Å². The van der Waals surface area contributed by atoms with Crippen LogP contribution in [0.15, 0.2) is 0 Å². The largest absolute Gasteiger partial charge is 3.00 e. The first-order chi connectivity index (χ1) is 1.73. The molecule has 0 aromatic carbocycles. The average Bonchev–Trinajstić information content (AvgIpc) is 0.811. The quantitative estimate of drug-likeness (QED) is 0.271. The third-order valence-electron chi connectivity index (χ3n) is 0. The average molecular weight is 163 g/mol. The van der Waals surface area contributed by atoms with Gasteiger partial charge in [0.1, 0.15) is 0 Å². The minimum absolute atomic E-state index is 0. The summed E-state index contributed by atoms with van der Waals surface area (Å²) >= 11 is 0. The van der Waals surface area contributed by atoms with E-state index in [-0.39, 0.29) is 60.6 Å². The van der Waals surface area contributed by atoms with Crippen LogP contribution in [-0.4, -0.2) is 60.6 Å². The van der Waals surface area contributed by atoms with Crippen molar-refractivity contribution >= 4 is 63.7 Å². The van der Waals surface area contributed by atoms with Crippen molar-refractivity contribution in [1.29, 1.82) is 0 Å². The van der Waals surface area contributed by atoms with Gasteiger partial charge in [0.05, 0.1) is 0 Å². The van der Waals surface area contributed by atoms with Crippen molar-refractivity contribution < 1.29 is 20.2 Å². The summed E-state index contributed by atoms with van der Waals surface area (Å²) in [5.41, 5.74) is 0. The Balaban J connectivity index is -0.0000000150. The van der Waals surface area contributed by atoms with E-state index in [1.165, 1.54) is 0 Å². The Morgan fingerprint density at radius 3 is 1.00 bits per heavy atom. The molecule has 0 saturated carbocycles. The van der Waals surface area contributed by atoms with Crippen LogP contribution in [0.4, 0.5) is 0 Å². The smallest absolute Gasteiger partial charge is 0.870 e. The van der Waals surface area contributed by atoms with Gasteiger partial charge >= 0.3 is 55.1 Å². The first-order valence-electron chi connectivity index (χ1n) is 0.548. The maximum absolute atomic E-state index is 8.48. The molecule has 0 rings (SSSR count). The fourth-order valence-corrected chi connectivity index (χ4v) is 0. The minimum atomic E-state index is -3.37. The molecule has 0 bridgehead atoms. The molecule has 0 unspecified atom stereocenters. The maximum Gasteiger partial charge on any atom is 3.00 e. The van der Waals surface area contributed by atoms with Gasteiger partial charge in [0, 0.05) is 0 Å². The molecule has 0 atom stereocenters. The summed E-state index contributed by atoms with van der Waals surface area (Å²) in [7, 11) is -3.37. The molecule has 1 N–H and O–H groups in total. The van der Waals surface area contributed by atoms with Gasteiger partial charge in [-0.2, -0.15) is 0 Å². The number of rotatable bonds is 0. The van der Waals surface area contributed by atoms with Crippen LogP contribution in [0.25, 0.3) is 0 Å². The van der Waals surface area contributed by atoms with Crippen molar-refractivity contribution in [3.05, 3.63) is 0 Å². The standard InChI is InChI=1S/Al.Ca.O3P.H2O/c;;1-4(2)3;/h;;;1H2/q+3;+2;-3;/p-1. The summed E-state index contributed by atoms with van der Waals surface area (Å²) in [6.07, 6.45) is 0. The zero-order valence-corrected chi connectivity index (χ0v) is 7.66. The van der Waals surface area contributed by atoms with Crippen LogP contribution in [0.5, 0.6) is 0 Å². The molecule has 0 aromatic rings. The van der Waals surface area contributed by atoms with E-state index in [0.717, 1.165) is 0 Å². The van der Waals surface area contributed by atoms with Crippen LogP contribution in [0.2, 0.25) is 0 Å². The summed E-state index contributed by atoms with van der Waals surface area (Å²) in [6.45, 7) is 0. The van der Waals surface area contributed by atoms with Crippen LogP contribution in [0.1, 0.15) is 0 Å². The van der Waals surface area contributed by atoms with Gasteiger partial charge in [-0.1, -0.05) is 0 Å². The van der Waals surface area contributed by atoms with E-state index in [0.29, 0.717) is 0 Å². The molecule has 34 valence electrons. The Kier molecular flexibility index (Phi) is 51.5. The molecule has 0 saturated heterocycles. The van der Waals surface area contributed by atoms with Crippen molar-refractivity contribution in [2.24, 2.45) is 0 Å². The van der Waals surface area contributed by atoms with E-state index in [4.69, 9.17) is 14.7 Å². The van der Waals surface area contributed by atoms with E-state index in [1.54, 1.807) is 0 Å². The minimum Gasteiger partial charge on any atom is -0.870 e. The normalized spacial score (nSPS) is 5.14. The van der Waals surface area contributed by atoms with Crippen molar-refractivity contribution in [1.82, 2.24) is 0 Å². The summed E-state index contributed by atoms with van der Waals surface area (Å²) in [5, 5.41) is 0. The fourth-order valence-electron chi connectivity index (χ4n) is 0. The van der Waals surface area contributed by atoms with Crippen molar-refractivity contribution in [2.45, 2.75) is 0 Å². The summed E-state index contributed by atoms with van der Waals surface area (Å²) < 4.78 is 0. The molecule has 0 aromatic heterocycles. The topological polar surface area (TPSA) is 99.2 Å². The molecule has 0 spiro atoms. The van der Waals surface area contributed by atoms with Crippen LogP contribution >= 0.6 is 8.60 Å². The molecule has 0 aliphatic heterocycles. The van der Waals surface area contributed by atoms with Crippen molar-refractivity contribution in [3.8, 4) is 0 Å². The van der Waals surface area contributed by atoms with E-state index in [9.17, 15) is 0 Å². The first-order valence-corrected chi connectivity index (χ1v) is 1.64. The van der Waals surface area contributed by atoms with Gasteiger partial charge in [0.2, 0.25) is 0 Å². The van der Waals surface area contributed by atoms with Crippen LogP contribution < -0.4 is 14.7 Å². The fraction of sp³-hybridized carbons (Fsp3) is 0. The van der Waals surface area contributed by atoms with Gasteiger partial charge in [-0.05, 0) is 0 Å². The maximum atomic E-state index is 8.48. The van der Waals surface area contributed by atoms with Crippen molar-refractivity contribution in [3.63, 3.8) is 0 Å². The molecule has 0 aliphatic carbocycles. The van der Waals surface area contributed by atoms with Crippen LogP contribution in [-0.2, 0) is 0 Å². The van der Waals surface area contributed by atoms with Gasteiger partial charge < -0.3 is 28.8 Å². The Bertz CT molecular complexity index is 16.4. The predicted molar refractivity (Wildman–Crippen MR) is 20.4 cm³/mol. The van der Waals surface area contributed by atoms with E-state index in [1.807, 2.05) is 0 Å². The second-order valence-electron chi connectivity index (χ2n) is 0.224. The van der Waals surface area contributed by atoms with E-state index < -0.39 is 8.60 Å². The predicted octanol–water partition coefficient (Wildman–Crippen LogP) is -3.64. The van der Waals surface area contributed by atoms with Gasteiger partial charge in [0.25, 0.3) is 0 Å². The molecule has 7 heavy (non-hydrogen) atoms. The second-order valence-corrected chi connectivity index (χ2v) is 0.671. The Morgan fingerprint density at radius 1 is 1.00 bits per heavy atom. The monoisotopic (exact) mass is 163 g/mol. The zero-order chi connectivity index (χ0) is 3.58. The summed E-state index contributed by atoms with van der Waals surface area (Å²) in [6, 6.07) is 0. The van der Waals surface area contributed by atoms with E-state index >= 15 is 0 Å².